The Balaban J connectivity index is 2.20. The van der Waals surface area contributed by atoms with Crippen molar-refractivity contribution in [2.24, 2.45) is 11.8 Å². The third-order valence-corrected chi connectivity index (χ3v) is 2.41. The van der Waals surface area contributed by atoms with Crippen molar-refractivity contribution >= 4 is 0 Å². The second kappa shape index (κ2) is 3.35. The fourth-order valence-corrected chi connectivity index (χ4v) is 1.51. The van der Waals surface area contributed by atoms with Crippen LogP contribution in [0.4, 0.5) is 0 Å². The molecule has 1 aliphatic carbocycles. The third kappa shape index (κ3) is 1.70. The fraction of sp³-hybridized carbons (Fsp3) is 1.00. The molecule has 3 atom stereocenters. The summed E-state index contributed by atoms with van der Waals surface area (Å²) >= 11 is 0. The average Bonchev–Trinajstić information content (AvgIpc) is 2.62. The summed E-state index contributed by atoms with van der Waals surface area (Å²) in [6.07, 6.45) is 1.37. The third-order valence-electron chi connectivity index (χ3n) is 2.41. The molecule has 0 aromatic carbocycles. The molecule has 0 aliphatic heterocycles. The molecular formula is C8H17NO. The van der Waals surface area contributed by atoms with Gasteiger partial charge in [-0.1, -0.05) is 6.92 Å². The molecule has 0 saturated heterocycles. The van der Waals surface area contributed by atoms with Crippen LogP contribution in [0.15, 0.2) is 0 Å². The first kappa shape index (κ1) is 8.02. The molecule has 1 saturated carbocycles. The van der Waals surface area contributed by atoms with Gasteiger partial charge in [-0.3, -0.25) is 0 Å². The first-order chi connectivity index (χ1) is 4.79. The van der Waals surface area contributed by atoms with Crippen molar-refractivity contribution in [2.45, 2.75) is 19.4 Å². The van der Waals surface area contributed by atoms with E-state index in [4.69, 9.17) is 4.74 Å². The molecule has 1 fully saturated rings. The van der Waals surface area contributed by atoms with E-state index in [1.54, 1.807) is 7.11 Å². The van der Waals surface area contributed by atoms with E-state index >= 15 is 0 Å². The van der Waals surface area contributed by atoms with E-state index in [0.29, 0.717) is 6.04 Å². The molecule has 0 aromatic rings. The topological polar surface area (TPSA) is 21.3 Å². The van der Waals surface area contributed by atoms with Gasteiger partial charge < -0.3 is 10.1 Å². The lowest BCUT2D eigenvalue weighted by Gasteiger charge is -2.13. The van der Waals surface area contributed by atoms with Crippen molar-refractivity contribution in [1.82, 2.24) is 5.32 Å². The van der Waals surface area contributed by atoms with Gasteiger partial charge in [-0.25, -0.2) is 0 Å². The average molecular weight is 143 g/mol. The van der Waals surface area contributed by atoms with Gasteiger partial charge in [-0.15, -0.1) is 0 Å². The predicted octanol–water partition coefficient (Wildman–Crippen LogP) is 0.877. The maximum atomic E-state index is 5.08. The molecule has 3 unspecified atom stereocenters. The van der Waals surface area contributed by atoms with Gasteiger partial charge in [-0.2, -0.15) is 0 Å². The molecule has 1 rings (SSSR count). The van der Waals surface area contributed by atoms with Crippen LogP contribution >= 0.6 is 0 Å². The van der Waals surface area contributed by atoms with Crippen LogP contribution in [0.25, 0.3) is 0 Å². The summed E-state index contributed by atoms with van der Waals surface area (Å²) in [4.78, 5) is 0. The van der Waals surface area contributed by atoms with E-state index in [0.717, 1.165) is 18.4 Å². The zero-order valence-corrected chi connectivity index (χ0v) is 7.05. The Bertz CT molecular complexity index is 105. The van der Waals surface area contributed by atoms with E-state index < -0.39 is 0 Å². The number of hydrogen-bond donors (Lipinski definition) is 1. The molecule has 0 spiro atoms. The highest BCUT2D eigenvalue weighted by Gasteiger charge is 2.38. The molecule has 60 valence electrons. The predicted molar refractivity (Wildman–Crippen MR) is 42.0 cm³/mol. The summed E-state index contributed by atoms with van der Waals surface area (Å²) in [6, 6.07) is 0.583. The summed E-state index contributed by atoms with van der Waals surface area (Å²) < 4.78 is 5.08. The number of likely N-dealkylation sites (N-methyl/N-ethyl adjacent to an activating group) is 1. The van der Waals surface area contributed by atoms with Crippen molar-refractivity contribution in [3.63, 3.8) is 0 Å². The lowest BCUT2D eigenvalue weighted by molar-refractivity contribution is 0.159. The molecule has 10 heavy (non-hydrogen) atoms. The number of nitrogens with one attached hydrogen (secondary N) is 1. The van der Waals surface area contributed by atoms with Crippen LogP contribution < -0.4 is 5.32 Å². The monoisotopic (exact) mass is 143 g/mol. The van der Waals surface area contributed by atoms with Crippen molar-refractivity contribution in [3.8, 4) is 0 Å². The van der Waals surface area contributed by atoms with Crippen molar-refractivity contribution in [3.05, 3.63) is 0 Å². The Labute approximate surface area is 63.0 Å². The summed E-state index contributed by atoms with van der Waals surface area (Å²) in [5, 5.41) is 3.27. The van der Waals surface area contributed by atoms with Crippen LogP contribution in [0.5, 0.6) is 0 Å². The van der Waals surface area contributed by atoms with E-state index in [1.807, 2.05) is 7.05 Å². The van der Waals surface area contributed by atoms with Crippen LogP contribution in [-0.4, -0.2) is 26.8 Å². The molecule has 1 aliphatic rings. The molecule has 0 bridgehead atoms. The minimum Gasteiger partial charge on any atom is -0.383 e. The van der Waals surface area contributed by atoms with Crippen molar-refractivity contribution < 1.29 is 4.74 Å². The van der Waals surface area contributed by atoms with E-state index in [1.165, 1.54) is 6.42 Å². The smallest absolute Gasteiger partial charge is 0.0618 e. The Kier molecular flexibility index (Phi) is 2.69. The largest absolute Gasteiger partial charge is 0.383 e. The van der Waals surface area contributed by atoms with Crippen LogP contribution in [0.3, 0.4) is 0 Å². The summed E-state index contributed by atoms with van der Waals surface area (Å²) in [5.41, 5.74) is 0. The van der Waals surface area contributed by atoms with E-state index in [2.05, 4.69) is 12.2 Å². The van der Waals surface area contributed by atoms with Gasteiger partial charge in [0.1, 0.15) is 0 Å². The van der Waals surface area contributed by atoms with Gasteiger partial charge in [0, 0.05) is 13.2 Å². The zero-order valence-electron chi connectivity index (χ0n) is 7.05. The quantitative estimate of drug-likeness (QED) is 0.630. The minimum atomic E-state index is 0.583. The molecule has 0 aromatic heterocycles. The van der Waals surface area contributed by atoms with Crippen LogP contribution in [0.1, 0.15) is 13.3 Å². The normalized spacial score (nSPS) is 33.9. The highest BCUT2D eigenvalue weighted by Crippen LogP contribution is 2.40. The maximum absolute atomic E-state index is 5.08. The number of ether oxygens (including phenoxy) is 1. The second-order valence-electron chi connectivity index (χ2n) is 3.23. The SMILES string of the molecule is CNC(COC)C1CC1C. The van der Waals surface area contributed by atoms with Gasteiger partial charge in [-0.05, 0) is 25.3 Å². The maximum Gasteiger partial charge on any atom is 0.0618 e. The lowest BCUT2D eigenvalue weighted by atomic mass is 10.2. The second-order valence-corrected chi connectivity index (χ2v) is 3.23. The number of rotatable bonds is 4. The van der Waals surface area contributed by atoms with Crippen molar-refractivity contribution in [1.29, 1.82) is 0 Å². The molecule has 1 N–H and O–H groups in total. The van der Waals surface area contributed by atoms with Gasteiger partial charge >= 0.3 is 0 Å². The molecule has 0 amide bonds. The van der Waals surface area contributed by atoms with Gasteiger partial charge in [0.25, 0.3) is 0 Å². The van der Waals surface area contributed by atoms with Gasteiger partial charge in [0.15, 0.2) is 0 Å². The Morgan fingerprint density at radius 1 is 1.70 bits per heavy atom. The Morgan fingerprint density at radius 2 is 2.30 bits per heavy atom. The van der Waals surface area contributed by atoms with Crippen LogP contribution in [0.2, 0.25) is 0 Å². The molecule has 2 heteroatoms. The van der Waals surface area contributed by atoms with Crippen LogP contribution in [0, 0.1) is 11.8 Å². The van der Waals surface area contributed by atoms with Crippen LogP contribution in [-0.2, 0) is 4.74 Å². The highest BCUT2D eigenvalue weighted by atomic mass is 16.5. The number of hydrogen-bond acceptors (Lipinski definition) is 2. The first-order valence-corrected chi connectivity index (χ1v) is 3.95. The summed E-state index contributed by atoms with van der Waals surface area (Å²) in [5.74, 6) is 1.78. The summed E-state index contributed by atoms with van der Waals surface area (Å²) in [7, 11) is 3.77. The van der Waals surface area contributed by atoms with Gasteiger partial charge in [0.05, 0.1) is 6.61 Å². The Hall–Kier alpha value is -0.0800. The Morgan fingerprint density at radius 3 is 2.60 bits per heavy atom. The van der Waals surface area contributed by atoms with E-state index in [9.17, 15) is 0 Å². The highest BCUT2D eigenvalue weighted by molar-refractivity contribution is 4.91. The molecule has 0 heterocycles. The number of methoxy groups -OCH3 is 1. The summed E-state index contributed by atoms with van der Waals surface area (Å²) in [6.45, 7) is 3.15. The fourth-order valence-electron chi connectivity index (χ4n) is 1.51. The minimum absolute atomic E-state index is 0.583. The first-order valence-electron chi connectivity index (χ1n) is 3.95. The molecule has 2 nitrogen and oxygen atoms in total. The van der Waals surface area contributed by atoms with E-state index in [-0.39, 0.29) is 0 Å². The molecule has 0 radical (unpaired) electrons. The van der Waals surface area contributed by atoms with Crippen molar-refractivity contribution in [2.75, 3.05) is 20.8 Å². The lowest BCUT2D eigenvalue weighted by Crippen LogP contribution is -2.32. The molecular weight excluding hydrogens is 126 g/mol. The van der Waals surface area contributed by atoms with Gasteiger partial charge in [0.2, 0.25) is 0 Å². The standard InChI is InChI=1S/C8H17NO/c1-6-4-7(6)8(9-2)5-10-3/h6-9H,4-5H2,1-3H3. The zero-order chi connectivity index (χ0) is 7.56.